The van der Waals surface area contributed by atoms with E-state index in [4.69, 9.17) is 0 Å². The van der Waals surface area contributed by atoms with E-state index in [0.717, 1.165) is 16.8 Å². The van der Waals surface area contributed by atoms with Gasteiger partial charge in [-0.2, -0.15) is 0 Å². The van der Waals surface area contributed by atoms with Gasteiger partial charge in [-0.15, -0.1) is 0 Å². The Morgan fingerprint density at radius 2 is 1.48 bits per heavy atom. The molecule has 3 aromatic rings. The first-order valence-corrected chi connectivity index (χ1v) is 8.51. The molecule has 0 fully saturated rings. The fraction of sp³-hybridized carbons (Fsp3) is 0.0952. The number of nitrogens with zero attached hydrogens (tertiary/aromatic N) is 1. The SMILES string of the molecule is C[C@H](Nc1ccc(-c2ccccc2)cc1)C(=O)Nc1ccccc1[N+](=O)[O-]. The van der Waals surface area contributed by atoms with Crippen molar-refractivity contribution in [3.05, 3.63) is 89.0 Å². The average Bonchev–Trinajstić information content (AvgIpc) is 2.69. The monoisotopic (exact) mass is 361 g/mol. The van der Waals surface area contributed by atoms with Crippen LogP contribution in [0.5, 0.6) is 0 Å². The second-order valence-corrected chi connectivity index (χ2v) is 6.07. The van der Waals surface area contributed by atoms with E-state index in [0.29, 0.717) is 0 Å². The van der Waals surface area contributed by atoms with E-state index in [9.17, 15) is 14.9 Å². The van der Waals surface area contributed by atoms with Crippen molar-refractivity contribution < 1.29 is 9.72 Å². The molecule has 6 nitrogen and oxygen atoms in total. The fourth-order valence-corrected chi connectivity index (χ4v) is 2.68. The van der Waals surface area contributed by atoms with Gasteiger partial charge in [0, 0.05) is 11.8 Å². The number of para-hydroxylation sites is 2. The minimum atomic E-state index is -0.563. The summed E-state index contributed by atoms with van der Waals surface area (Å²) in [5, 5.41) is 16.8. The van der Waals surface area contributed by atoms with Gasteiger partial charge in [-0.05, 0) is 36.2 Å². The van der Waals surface area contributed by atoms with Crippen LogP contribution in [-0.4, -0.2) is 16.9 Å². The second-order valence-electron chi connectivity index (χ2n) is 6.07. The van der Waals surface area contributed by atoms with Crippen LogP contribution < -0.4 is 10.6 Å². The van der Waals surface area contributed by atoms with Crippen LogP contribution >= 0.6 is 0 Å². The lowest BCUT2D eigenvalue weighted by molar-refractivity contribution is -0.383. The van der Waals surface area contributed by atoms with Crippen molar-refractivity contribution in [3.8, 4) is 11.1 Å². The highest BCUT2D eigenvalue weighted by molar-refractivity contribution is 5.98. The van der Waals surface area contributed by atoms with Crippen LogP contribution in [0.3, 0.4) is 0 Å². The van der Waals surface area contributed by atoms with Crippen molar-refractivity contribution in [2.24, 2.45) is 0 Å². The Bertz CT molecular complexity index is 940. The van der Waals surface area contributed by atoms with Gasteiger partial charge in [-0.1, -0.05) is 54.6 Å². The molecule has 0 heterocycles. The van der Waals surface area contributed by atoms with Gasteiger partial charge in [-0.3, -0.25) is 14.9 Å². The molecular formula is C21H19N3O3. The lowest BCUT2D eigenvalue weighted by Gasteiger charge is -2.15. The number of amides is 1. The molecular weight excluding hydrogens is 342 g/mol. The van der Waals surface area contributed by atoms with E-state index >= 15 is 0 Å². The largest absolute Gasteiger partial charge is 0.374 e. The van der Waals surface area contributed by atoms with Crippen molar-refractivity contribution in [2.45, 2.75) is 13.0 Å². The van der Waals surface area contributed by atoms with Gasteiger partial charge in [0.2, 0.25) is 5.91 Å². The van der Waals surface area contributed by atoms with Gasteiger partial charge in [-0.25, -0.2) is 0 Å². The van der Waals surface area contributed by atoms with Crippen molar-refractivity contribution in [2.75, 3.05) is 10.6 Å². The topological polar surface area (TPSA) is 84.3 Å². The van der Waals surface area contributed by atoms with E-state index in [1.807, 2.05) is 54.6 Å². The molecule has 2 N–H and O–H groups in total. The first kappa shape index (κ1) is 18.1. The molecule has 0 radical (unpaired) electrons. The Kier molecular flexibility index (Phi) is 5.47. The minimum absolute atomic E-state index is 0.134. The molecule has 0 aliphatic heterocycles. The summed E-state index contributed by atoms with van der Waals surface area (Å²) in [5.74, 6) is -0.351. The number of nitro benzene ring substituents is 1. The summed E-state index contributed by atoms with van der Waals surface area (Å²) in [5.41, 5.74) is 3.04. The molecule has 3 rings (SSSR count). The fourth-order valence-electron chi connectivity index (χ4n) is 2.68. The van der Waals surface area contributed by atoms with Gasteiger partial charge in [0.1, 0.15) is 11.7 Å². The van der Waals surface area contributed by atoms with Crippen molar-refractivity contribution in [3.63, 3.8) is 0 Å². The Balaban J connectivity index is 1.66. The molecule has 0 saturated heterocycles. The van der Waals surface area contributed by atoms with Crippen LogP contribution in [-0.2, 0) is 4.79 Å². The molecule has 3 aromatic carbocycles. The lowest BCUT2D eigenvalue weighted by Crippen LogP contribution is -2.32. The summed E-state index contributed by atoms with van der Waals surface area (Å²) >= 11 is 0. The Labute approximate surface area is 157 Å². The average molecular weight is 361 g/mol. The van der Waals surface area contributed by atoms with Crippen LogP contribution in [0.15, 0.2) is 78.9 Å². The molecule has 136 valence electrons. The zero-order valence-electron chi connectivity index (χ0n) is 14.8. The molecule has 0 aliphatic carbocycles. The van der Waals surface area contributed by atoms with Gasteiger partial charge in [0.25, 0.3) is 5.69 Å². The van der Waals surface area contributed by atoms with Crippen LogP contribution in [0.2, 0.25) is 0 Å². The highest BCUT2D eigenvalue weighted by Crippen LogP contribution is 2.24. The standard InChI is InChI=1S/C21H19N3O3/c1-15(21(25)23-19-9-5-6-10-20(19)24(26)27)22-18-13-11-17(12-14-18)16-7-3-2-4-8-16/h2-15,22H,1H3,(H,23,25)/t15-/m0/s1. The number of nitro groups is 1. The summed E-state index contributed by atoms with van der Waals surface area (Å²) in [6.07, 6.45) is 0. The Morgan fingerprint density at radius 1 is 0.889 bits per heavy atom. The third-order valence-corrected chi connectivity index (χ3v) is 4.13. The van der Waals surface area contributed by atoms with Crippen molar-refractivity contribution in [1.29, 1.82) is 0 Å². The van der Waals surface area contributed by atoms with E-state index in [2.05, 4.69) is 10.6 Å². The van der Waals surface area contributed by atoms with E-state index in [-0.39, 0.29) is 17.3 Å². The second kappa shape index (κ2) is 8.14. The number of hydrogen-bond acceptors (Lipinski definition) is 4. The maximum Gasteiger partial charge on any atom is 0.292 e. The van der Waals surface area contributed by atoms with Gasteiger partial charge in [0.05, 0.1) is 4.92 Å². The Morgan fingerprint density at radius 3 is 2.15 bits per heavy atom. The van der Waals surface area contributed by atoms with Crippen molar-refractivity contribution in [1.82, 2.24) is 0 Å². The molecule has 6 heteroatoms. The van der Waals surface area contributed by atoms with Crippen molar-refractivity contribution >= 4 is 23.0 Å². The maximum absolute atomic E-state index is 12.4. The summed E-state index contributed by atoms with van der Waals surface area (Å²) in [6, 6.07) is 23.3. The smallest absolute Gasteiger partial charge is 0.292 e. The molecule has 0 aromatic heterocycles. The predicted molar refractivity (Wildman–Crippen MR) is 107 cm³/mol. The highest BCUT2D eigenvalue weighted by Gasteiger charge is 2.18. The number of hydrogen-bond donors (Lipinski definition) is 2. The number of carbonyl (C=O) groups excluding carboxylic acids is 1. The molecule has 0 unspecified atom stereocenters. The van der Waals surface area contributed by atoms with E-state index in [1.165, 1.54) is 12.1 Å². The maximum atomic E-state index is 12.4. The number of nitrogens with one attached hydrogen (secondary N) is 2. The molecule has 1 atom stereocenters. The van der Waals surface area contributed by atoms with Crippen LogP contribution in [0, 0.1) is 10.1 Å². The third-order valence-electron chi connectivity index (χ3n) is 4.13. The zero-order valence-corrected chi connectivity index (χ0v) is 14.8. The van der Waals surface area contributed by atoms with Gasteiger partial charge in [0.15, 0.2) is 0 Å². The molecule has 1 amide bonds. The quantitative estimate of drug-likeness (QED) is 0.492. The first-order valence-electron chi connectivity index (χ1n) is 8.51. The Hall–Kier alpha value is -3.67. The van der Waals surface area contributed by atoms with Crippen LogP contribution in [0.4, 0.5) is 17.1 Å². The zero-order chi connectivity index (χ0) is 19.2. The van der Waals surface area contributed by atoms with E-state index < -0.39 is 11.0 Å². The molecule has 27 heavy (non-hydrogen) atoms. The predicted octanol–water partition coefficient (Wildman–Crippen LogP) is 4.70. The first-order chi connectivity index (χ1) is 13.0. The van der Waals surface area contributed by atoms with Gasteiger partial charge >= 0.3 is 0 Å². The molecule has 0 aliphatic rings. The summed E-state index contributed by atoms with van der Waals surface area (Å²) < 4.78 is 0. The lowest BCUT2D eigenvalue weighted by atomic mass is 10.1. The highest BCUT2D eigenvalue weighted by atomic mass is 16.6. The van der Waals surface area contributed by atoms with E-state index in [1.54, 1.807) is 19.1 Å². The summed E-state index contributed by atoms with van der Waals surface area (Å²) in [4.78, 5) is 22.9. The van der Waals surface area contributed by atoms with Crippen LogP contribution in [0.1, 0.15) is 6.92 Å². The number of benzene rings is 3. The number of rotatable bonds is 6. The summed E-state index contributed by atoms with van der Waals surface area (Å²) in [7, 11) is 0. The molecule has 0 spiro atoms. The molecule has 0 bridgehead atoms. The van der Waals surface area contributed by atoms with Gasteiger partial charge < -0.3 is 10.6 Å². The minimum Gasteiger partial charge on any atom is -0.374 e. The normalized spacial score (nSPS) is 11.4. The number of anilines is 2. The molecule has 0 saturated carbocycles. The van der Waals surface area contributed by atoms with Crippen LogP contribution in [0.25, 0.3) is 11.1 Å². The third kappa shape index (κ3) is 4.49. The summed E-state index contributed by atoms with van der Waals surface area (Å²) in [6.45, 7) is 1.70. The number of carbonyl (C=O) groups is 1.